The summed E-state index contributed by atoms with van der Waals surface area (Å²) < 4.78 is 0. The van der Waals surface area contributed by atoms with Crippen LogP contribution in [-0.2, 0) is 4.79 Å². The van der Waals surface area contributed by atoms with Gasteiger partial charge in [0.2, 0.25) is 5.91 Å². The van der Waals surface area contributed by atoms with Gasteiger partial charge in [0.05, 0.1) is 6.17 Å². The zero-order valence-corrected chi connectivity index (χ0v) is 11.0. The maximum atomic E-state index is 11.2. The van der Waals surface area contributed by atoms with Crippen LogP contribution in [0.15, 0.2) is 12.7 Å². The molecule has 0 aromatic carbocycles. The Balaban J connectivity index is 4.12. The normalized spacial score (nSPS) is 12.5. The number of nitrogens with zero attached hydrogens (tertiary/aromatic N) is 1. The Hall–Kier alpha value is -0.830. The van der Waals surface area contributed by atoms with Crippen molar-refractivity contribution in [1.29, 1.82) is 0 Å². The first-order valence-electron chi connectivity index (χ1n) is 6.32. The van der Waals surface area contributed by atoms with E-state index in [1.54, 1.807) is 0 Å². The predicted octanol–water partition coefficient (Wildman–Crippen LogP) is 2.54. The second-order valence-corrected chi connectivity index (χ2v) is 4.13. The molecule has 0 fully saturated rings. The smallest absolute Gasteiger partial charge is 0.244 e. The maximum Gasteiger partial charge on any atom is 0.244 e. The molecule has 1 N–H and O–H groups in total. The number of hydrogen-bond acceptors (Lipinski definition) is 2. The van der Waals surface area contributed by atoms with Gasteiger partial charge in [0.1, 0.15) is 0 Å². The van der Waals surface area contributed by atoms with Crippen molar-refractivity contribution >= 4 is 5.91 Å². The van der Waals surface area contributed by atoms with Crippen molar-refractivity contribution in [2.24, 2.45) is 0 Å². The van der Waals surface area contributed by atoms with Crippen molar-refractivity contribution in [3.8, 4) is 0 Å². The molecule has 0 radical (unpaired) electrons. The van der Waals surface area contributed by atoms with Gasteiger partial charge in [-0.15, -0.1) is 0 Å². The first-order valence-corrected chi connectivity index (χ1v) is 6.32. The van der Waals surface area contributed by atoms with Gasteiger partial charge in [-0.05, 0) is 25.8 Å². The third-order valence-electron chi connectivity index (χ3n) is 2.68. The molecular formula is C13H26N2O. The molecule has 0 aliphatic heterocycles. The van der Waals surface area contributed by atoms with Crippen LogP contribution in [0, 0.1) is 0 Å². The van der Waals surface area contributed by atoms with Crippen molar-refractivity contribution in [2.45, 2.75) is 52.6 Å². The van der Waals surface area contributed by atoms with Gasteiger partial charge in [-0.2, -0.15) is 0 Å². The van der Waals surface area contributed by atoms with Crippen molar-refractivity contribution in [2.75, 3.05) is 13.1 Å². The number of carbonyl (C=O) groups is 1. The van der Waals surface area contributed by atoms with Crippen LogP contribution in [0.3, 0.4) is 0 Å². The molecule has 0 aliphatic carbocycles. The van der Waals surface area contributed by atoms with E-state index in [0.29, 0.717) is 0 Å². The largest absolute Gasteiger partial charge is 0.337 e. The van der Waals surface area contributed by atoms with E-state index in [1.807, 2.05) is 6.92 Å². The topological polar surface area (TPSA) is 32.3 Å². The minimum Gasteiger partial charge on any atom is -0.337 e. The second-order valence-electron chi connectivity index (χ2n) is 4.13. The summed E-state index contributed by atoms with van der Waals surface area (Å²) in [5.41, 5.74) is 0. The van der Waals surface area contributed by atoms with Crippen LogP contribution in [0.1, 0.15) is 46.5 Å². The highest BCUT2D eigenvalue weighted by atomic mass is 16.1. The van der Waals surface area contributed by atoms with E-state index in [4.69, 9.17) is 0 Å². The molecule has 0 rings (SSSR count). The molecule has 0 aliphatic rings. The summed E-state index contributed by atoms with van der Waals surface area (Å²) in [7, 11) is 0. The Morgan fingerprint density at radius 3 is 2.19 bits per heavy atom. The van der Waals surface area contributed by atoms with Crippen LogP contribution < -0.4 is 5.32 Å². The number of unbranched alkanes of at least 4 members (excludes halogenated alkanes) is 2. The second kappa shape index (κ2) is 9.40. The van der Waals surface area contributed by atoms with Crippen molar-refractivity contribution < 1.29 is 4.79 Å². The fraction of sp³-hybridized carbons (Fsp3) is 0.769. The van der Waals surface area contributed by atoms with E-state index in [9.17, 15) is 4.79 Å². The SMILES string of the molecule is C=CC(=O)NC(C)N(CCCC)CCCC. The van der Waals surface area contributed by atoms with Gasteiger partial charge in [-0.1, -0.05) is 33.3 Å². The lowest BCUT2D eigenvalue weighted by Crippen LogP contribution is -2.46. The van der Waals surface area contributed by atoms with Crippen molar-refractivity contribution in [3.05, 3.63) is 12.7 Å². The molecule has 0 bridgehead atoms. The standard InChI is InChI=1S/C13H26N2O/c1-5-8-10-15(11-9-6-2)12(4)14-13(16)7-3/h7,12H,3,5-6,8-11H2,1-2,4H3,(H,14,16). The van der Waals surface area contributed by atoms with E-state index in [0.717, 1.165) is 13.1 Å². The highest BCUT2D eigenvalue weighted by Gasteiger charge is 2.13. The summed E-state index contributed by atoms with van der Waals surface area (Å²) in [5.74, 6) is -0.0921. The molecule has 16 heavy (non-hydrogen) atoms. The van der Waals surface area contributed by atoms with Gasteiger partial charge in [0.15, 0.2) is 0 Å². The molecule has 3 nitrogen and oxygen atoms in total. The Morgan fingerprint density at radius 1 is 1.31 bits per heavy atom. The lowest BCUT2D eigenvalue weighted by Gasteiger charge is -2.29. The zero-order chi connectivity index (χ0) is 12.4. The summed E-state index contributed by atoms with van der Waals surface area (Å²) in [6.45, 7) is 12.0. The Labute approximate surface area is 99.9 Å². The molecule has 1 unspecified atom stereocenters. The molecule has 0 aromatic heterocycles. The van der Waals surface area contributed by atoms with Crippen LogP contribution in [0.25, 0.3) is 0 Å². The third-order valence-corrected chi connectivity index (χ3v) is 2.68. The van der Waals surface area contributed by atoms with Gasteiger partial charge in [0.25, 0.3) is 0 Å². The lowest BCUT2D eigenvalue weighted by molar-refractivity contribution is -0.118. The molecule has 0 heterocycles. The minimum absolute atomic E-state index is 0.0921. The van der Waals surface area contributed by atoms with Crippen molar-refractivity contribution in [1.82, 2.24) is 10.2 Å². The highest BCUT2D eigenvalue weighted by molar-refractivity contribution is 5.86. The van der Waals surface area contributed by atoms with Crippen LogP contribution in [0.5, 0.6) is 0 Å². The number of amides is 1. The predicted molar refractivity (Wildman–Crippen MR) is 69.2 cm³/mol. The summed E-state index contributed by atoms with van der Waals surface area (Å²) in [6.07, 6.45) is 6.16. The average molecular weight is 226 g/mol. The van der Waals surface area contributed by atoms with Gasteiger partial charge < -0.3 is 5.32 Å². The lowest BCUT2D eigenvalue weighted by atomic mass is 10.2. The summed E-state index contributed by atoms with van der Waals surface area (Å²) in [5, 5.41) is 2.92. The van der Waals surface area contributed by atoms with Gasteiger partial charge in [0, 0.05) is 13.1 Å². The van der Waals surface area contributed by atoms with E-state index in [1.165, 1.54) is 31.8 Å². The Kier molecular flexibility index (Phi) is 8.91. The van der Waals surface area contributed by atoms with Crippen LogP contribution >= 0.6 is 0 Å². The number of nitrogens with one attached hydrogen (secondary N) is 1. The van der Waals surface area contributed by atoms with Crippen LogP contribution in [-0.4, -0.2) is 30.1 Å². The zero-order valence-electron chi connectivity index (χ0n) is 11.0. The molecule has 0 saturated heterocycles. The van der Waals surface area contributed by atoms with Crippen molar-refractivity contribution in [3.63, 3.8) is 0 Å². The monoisotopic (exact) mass is 226 g/mol. The van der Waals surface area contributed by atoms with Gasteiger partial charge in [-0.25, -0.2) is 0 Å². The quantitative estimate of drug-likeness (QED) is 0.484. The average Bonchev–Trinajstić information content (AvgIpc) is 2.28. The molecule has 94 valence electrons. The molecular weight excluding hydrogens is 200 g/mol. The van der Waals surface area contributed by atoms with E-state index in [-0.39, 0.29) is 12.1 Å². The van der Waals surface area contributed by atoms with Gasteiger partial charge in [-0.3, -0.25) is 9.69 Å². The molecule has 0 spiro atoms. The number of rotatable bonds is 9. The maximum absolute atomic E-state index is 11.2. The molecule has 0 aromatic rings. The number of carbonyl (C=O) groups excluding carboxylic acids is 1. The van der Waals surface area contributed by atoms with E-state index in [2.05, 4.69) is 30.6 Å². The highest BCUT2D eigenvalue weighted by Crippen LogP contribution is 2.03. The number of hydrogen-bond donors (Lipinski definition) is 1. The third kappa shape index (κ3) is 6.62. The molecule has 3 heteroatoms. The van der Waals surface area contributed by atoms with Gasteiger partial charge >= 0.3 is 0 Å². The first-order chi connectivity index (χ1) is 7.65. The Bertz CT molecular complexity index is 196. The minimum atomic E-state index is -0.0921. The molecule has 0 saturated carbocycles. The fourth-order valence-electron chi connectivity index (χ4n) is 1.58. The van der Waals surface area contributed by atoms with E-state index < -0.39 is 0 Å². The summed E-state index contributed by atoms with van der Waals surface area (Å²) in [4.78, 5) is 13.5. The first kappa shape index (κ1) is 15.2. The summed E-state index contributed by atoms with van der Waals surface area (Å²) in [6, 6.07) is 0. The van der Waals surface area contributed by atoms with Crippen LogP contribution in [0.2, 0.25) is 0 Å². The van der Waals surface area contributed by atoms with Crippen LogP contribution in [0.4, 0.5) is 0 Å². The molecule has 1 atom stereocenters. The Morgan fingerprint density at radius 2 is 1.81 bits per heavy atom. The van der Waals surface area contributed by atoms with E-state index >= 15 is 0 Å². The molecule has 1 amide bonds. The summed E-state index contributed by atoms with van der Waals surface area (Å²) >= 11 is 0. The fourth-order valence-corrected chi connectivity index (χ4v) is 1.58.